The summed E-state index contributed by atoms with van der Waals surface area (Å²) in [6.07, 6.45) is 0. The van der Waals surface area contributed by atoms with E-state index in [-0.39, 0.29) is 0 Å². The molecule has 20 heavy (non-hydrogen) atoms. The predicted octanol–water partition coefficient (Wildman–Crippen LogP) is 5.40. The lowest BCUT2D eigenvalue weighted by Gasteiger charge is -2.26. The van der Waals surface area contributed by atoms with E-state index >= 15 is 0 Å². The highest BCUT2D eigenvalue weighted by atomic mass is 35.5. The van der Waals surface area contributed by atoms with Gasteiger partial charge in [0.15, 0.2) is 0 Å². The molecule has 2 aromatic carbocycles. The molecule has 2 aromatic rings. The fourth-order valence-corrected chi connectivity index (χ4v) is 2.32. The minimum absolute atomic E-state index is 0.473. The molecule has 0 unspecified atom stereocenters. The maximum Gasteiger partial charge on any atom is 0.0406 e. The maximum atomic E-state index is 5.93. The van der Waals surface area contributed by atoms with Crippen LogP contribution in [-0.2, 0) is 13.1 Å². The van der Waals surface area contributed by atoms with E-state index in [4.69, 9.17) is 23.2 Å². The minimum Gasteiger partial charge on any atom is -0.292 e. The third-order valence-electron chi connectivity index (χ3n) is 3.33. The Kier molecular flexibility index (Phi) is 5.47. The van der Waals surface area contributed by atoms with Crippen LogP contribution in [0.15, 0.2) is 48.5 Å². The molecule has 0 aliphatic rings. The predicted molar refractivity (Wildman–Crippen MR) is 87.3 cm³/mol. The van der Waals surface area contributed by atoms with Crippen LogP contribution < -0.4 is 0 Å². The summed E-state index contributed by atoms with van der Waals surface area (Å²) in [5.74, 6) is 0. The van der Waals surface area contributed by atoms with Gasteiger partial charge in [-0.2, -0.15) is 0 Å². The van der Waals surface area contributed by atoms with E-state index in [9.17, 15) is 0 Å². The molecular weight excluding hydrogens is 289 g/mol. The Bertz CT molecular complexity index is 484. The van der Waals surface area contributed by atoms with Crippen molar-refractivity contribution in [3.8, 4) is 0 Å². The highest BCUT2D eigenvalue weighted by Gasteiger charge is 2.11. The lowest BCUT2D eigenvalue weighted by atomic mass is 10.1. The van der Waals surface area contributed by atoms with Gasteiger partial charge >= 0.3 is 0 Å². The van der Waals surface area contributed by atoms with Gasteiger partial charge in [0, 0.05) is 29.2 Å². The Morgan fingerprint density at radius 3 is 1.40 bits per heavy atom. The van der Waals surface area contributed by atoms with Gasteiger partial charge in [-0.3, -0.25) is 4.90 Å². The third kappa shape index (κ3) is 4.52. The molecule has 0 fully saturated rings. The summed E-state index contributed by atoms with van der Waals surface area (Å²) in [5, 5.41) is 1.56. The van der Waals surface area contributed by atoms with E-state index < -0.39 is 0 Å². The molecule has 0 saturated heterocycles. The Hall–Kier alpha value is -1.02. The lowest BCUT2D eigenvalue weighted by molar-refractivity contribution is 0.203. The molecule has 0 aromatic heterocycles. The smallest absolute Gasteiger partial charge is 0.0406 e. The molecule has 0 amide bonds. The number of hydrogen-bond acceptors (Lipinski definition) is 1. The quantitative estimate of drug-likeness (QED) is 0.714. The molecular formula is C17H19Cl2N. The van der Waals surface area contributed by atoms with Crippen molar-refractivity contribution in [3.05, 3.63) is 69.7 Å². The summed E-state index contributed by atoms with van der Waals surface area (Å²) in [5.41, 5.74) is 2.55. The highest BCUT2D eigenvalue weighted by Crippen LogP contribution is 2.17. The molecule has 0 radical (unpaired) electrons. The first-order valence-corrected chi connectivity index (χ1v) is 7.53. The van der Waals surface area contributed by atoms with Crippen LogP contribution in [0.1, 0.15) is 25.0 Å². The van der Waals surface area contributed by atoms with Crippen molar-refractivity contribution in [2.75, 3.05) is 0 Å². The van der Waals surface area contributed by atoms with Gasteiger partial charge in [0.1, 0.15) is 0 Å². The van der Waals surface area contributed by atoms with Crippen LogP contribution in [0.3, 0.4) is 0 Å². The normalized spacial score (nSPS) is 11.3. The molecule has 0 atom stereocenters. The van der Waals surface area contributed by atoms with Crippen molar-refractivity contribution in [2.24, 2.45) is 0 Å². The Morgan fingerprint density at radius 2 is 1.10 bits per heavy atom. The zero-order valence-corrected chi connectivity index (χ0v) is 13.3. The molecule has 0 spiro atoms. The molecule has 3 heteroatoms. The van der Waals surface area contributed by atoms with Crippen molar-refractivity contribution in [1.29, 1.82) is 0 Å². The number of benzene rings is 2. The lowest BCUT2D eigenvalue weighted by Crippen LogP contribution is -2.29. The third-order valence-corrected chi connectivity index (χ3v) is 3.83. The molecule has 0 bridgehead atoms. The van der Waals surface area contributed by atoms with E-state index in [0.717, 1.165) is 23.1 Å². The first-order valence-electron chi connectivity index (χ1n) is 6.77. The van der Waals surface area contributed by atoms with Gasteiger partial charge in [-0.15, -0.1) is 0 Å². The van der Waals surface area contributed by atoms with Gasteiger partial charge in [-0.25, -0.2) is 0 Å². The van der Waals surface area contributed by atoms with Gasteiger partial charge in [0.25, 0.3) is 0 Å². The van der Waals surface area contributed by atoms with Crippen LogP contribution in [0.5, 0.6) is 0 Å². The van der Waals surface area contributed by atoms with Crippen LogP contribution in [-0.4, -0.2) is 10.9 Å². The molecule has 106 valence electrons. The van der Waals surface area contributed by atoms with Gasteiger partial charge in [0.2, 0.25) is 0 Å². The summed E-state index contributed by atoms with van der Waals surface area (Å²) in [7, 11) is 0. The summed E-state index contributed by atoms with van der Waals surface area (Å²) in [6, 6.07) is 16.6. The second-order valence-electron chi connectivity index (χ2n) is 5.25. The Balaban J connectivity index is 2.07. The maximum absolute atomic E-state index is 5.93. The number of hydrogen-bond donors (Lipinski definition) is 0. The van der Waals surface area contributed by atoms with Gasteiger partial charge in [-0.1, -0.05) is 47.5 Å². The largest absolute Gasteiger partial charge is 0.292 e. The van der Waals surface area contributed by atoms with Crippen molar-refractivity contribution in [1.82, 2.24) is 4.90 Å². The second-order valence-corrected chi connectivity index (χ2v) is 6.12. The number of rotatable bonds is 5. The topological polar surface area (TPSA) is 3.24 Å². The zero-order valence-electron chi connectivity index (χ0n) is 11.8. The standard InChI is InChI=1S/C17H19Cl2N/c1-13(2)20(11-14-3-7-16(18)8-4-14)12-15-5-9-17(19)10-6-15/h3-10,13H,11-12H2,1-2H3. The van der Waals surface area contributed by atoms with Crippen LogP contribution in [0, 0.1) is 0 Å². The first kappa shape index (κ1) is 15.4. The summed E-state index contributed by atoms with van der Waals surface area (Å²) in [6.45, 7) is 6.26. The fourth-order valence-electron chi connectivity index (χ4n) is 2.07. The van der Waals surface area contributed by atoms with Crippen molar-refractivity contribution in [3.63, 3.8) is 0 Å². The molecule has 2 rings (SSSR count). The molecule has 0 aliphatic carbocycles. The van der Waals surface area contributed by atoms with Crippen LogP contribution in [0.2, 0.25) is 10.0 Å². The molecule has 0 heterocycles. The average Bonchev–Trinajstić information content (AvgIpc) is 2.42. The number of halogens is 2. The monoisotopic (exact) mass is 307 g/mol. The molecule has 0 aliphatic heterocycles. The van der Waals surface area contributed by atoms with Crippen LogP contribution in [0.4, 0.5) is 0 Å². The Morgan fingerprint density at radius 1 is 0.750 bits per heavy atom. The van der Waals surface area contributed by atoms with E-state index in [1.165, 1.54) is 11.1 Å². The zero-order chi connectivity index (χ0) is 14.5. The van der Waals surface area contributed by atoms with Crippen molar-refractivity contribution in [2.45, 2.75) is 33.0 Å². The molecule has 1 nitrogen and oxygen atoms in total. The average molecular weight is 308 g/mol. The van der Waals surface area contributed by atoms with Gasteiger partial charge < -0.3 is 0 Å². The molecule has 0 N–H and O–H groups in total. The van der Waals surface area contributed by atoms with Crippen LogP contribution >= 0.6 is 23.2 Å². The summed E-state index contributed by atoms with van der Waals surface area (Å²) < 4.78 is 0. The SMILES string of the molecule is CC(C)N(Cc1ccc(Cl)cc1)Cc1ccc(Cl)cc1. The second kappa shape index (κ2) is 7.12. The van der Waals surface area contributed by atoms with Gasteiger partial charge in [0.05, 0.1) is 0 Å². The van der Waals surface area contributed by atoms with Crippen molar-refractivity contribution < 1.29 is 0 Å². The van der Waals surface area contributed by atoms with Crippen molar-refractivity contribution >= 4 is 23.2 Å². The molecule has 0 saturated carbocycles. The van der Waals surface area contributed by atoms with E-state index in [1.54, 1.807) is 0 Å². The minimum atomic E-state index is 0.473. The number of nitrogens with zero attached hydrogens (tertiary/aromatic N) is 1. The van der Waals surface area contributed by atoms with E-state index in [2.05, 4.69) is 43.0 Å². The fraction of sp³-hybridized carbons (Fsp3) is 0.294. The van der Waals surface area contributed by atoms with E-state index in [0.29, 0.717) is 6.04 Å². The first-order chi connectivity index (χ1) is 9.54. The summed E-state index contributed by atoms with van der Waals surface area (Å²) in [4.78, 5) is 2.42. The summed E-state index contributed by atoms with van der Waals surface area (Å²) >= 11 is 11.9. The van der Waals surface area contributed by atoms with Crippen LogP contribution in [0.25, 0.3) is 0 Å². The Labute approximate surface area is 131 Å². The van der Waals surface area contributed by atoms with Gasteiger partial charge in [-0.05, 0) is 49.2 Å². The van der Waals surface area contributed by atoms with E-state index in [1.807, 2.05) is 24.3 Å². The highest BCUT2D eigenvalue weighted by molar-refractivity contribution is 6.30.